The van der Waals surface area contributed by atoms with E-state index in [0.29, 0.717) is 12.6 Å². The molecule has 0 atom stereocenters. The third kappa shape index (κ3) is 3.89. The first-order valence-corrected chi connectivity index (χ1v) is 6.27. The van der Waals surface area contributed by atoms with E-state index in [1.807, 2.05) is 12.1 Å². The second kappa shape index (κ2) is 7.24. The van der Waals surface area contributed by atoms with Gasteiger partial charge in [0.15, 0.2) is 11.5 Å². The Hall–Kier alpha value is -1.26. The average molecular weight is 252 g/mol. The van der Waals surface area contributed by atoms with E-state index in [0.717, 1.165) is 24.6 Å². The summed E-state index contributed by atoms with van der Waals surface area (Å²) in [5.41, 5.74) is 6.84. The van der Waals surface area contributed by atoms with Crippen molar-refractivity contribution in [3.8, 4) is 11.5 Å². The summed E-state index contributed by atoms with van der Waals surface area (Å²) >= 11 is 0. The first kappa shape index (κ1) is 14.8. The van der Waals surface area contributed by atoms with Crippen LogP contribution >= 0.6 is 0 Å². The molecule has 0 amide bonds. The van der Waals surface area contributed by atoms with E-state index in [4.69, 9.17) is 15.2 Å². The van der Waals surface area contributed by atoms with Crippen molar-refractivity contribution in [3.63, 3.8) is 0 Å². The van der Waals surface area contributed by atoms with Crippen LogP contribution in [0.3, 0.4) is 0 Å². The lowest BCUT2D eigenvalue weighted by Crippen LogP contribution is -2.34. The van der Waals surface area contributed by atoms with Crippen molar-refractivity contribution in [2.75, 3.05) is 27.3 Å². The third-order valence-electron chi connectivity index (χ3n) is 2.98. The summed E-state index contributed by atoms with van der Waals surface area (Å²) in [6.45, 7) is 6.79. The van der Waals surface area contributed by atoms with Crippen molar-refractivity contribution in [2.24, 2.45) is 5.73 Å². The van der Waals surface area contributed by atoms with Gasteiger partial charge in [0, 0.05) is 25.7 Å². The maximum Gasteiger partial charge on any atom is 0.161 e. The second-order valence-electron chi connectivity index (χ2n) is 4.54. The van der Waals surface area contributed by atoms with Gasteiger partial charge in [-0.05, 0) is 31.5 Å². The van der Waals surface area contributed by atoms with E-state index in [1.54, 1.807) is 14.2 Å². The zero-order chi connectivity index (χ0) is 13.5. The Morgan fingerprint density at radius 1 is 1.17 bits per heavy atom. The molecule has 0 unspecified atom stereocenters. The molecule has 4 heteroatoms. The molecule has 0 aliphatic carbocycles. The summed E-state index contributed by atoms with van der Waals surface area (Å²) < 4.78 is 10.5. The third-order valence-corrected chi connectivity index (χ3v) is 2.98. The Bertz CT molecular complexity index is 367. The van der Waals surface area contributed by atoms with Crippen molar-refractivity contribution in [1.29, 1.82) is 0 Å². The average Bonchev–Trinajstić information content (AvgIpc) is 2.37. The van der Waals surface area contributed by atoms with Gasteiger partial charge in [-0.1, -0.05) is 6.07 Å². The van der Waals surface area contributed by atoms with Gasteiger partial charge in [0.2, 0.25) is 0 Å². The first-order valence-electron chi connectivity index (χ1n) is 6.27. The lowest BCUT2D eigenvalue weighted by molar-refractivity contribution is 0.219. The summed E-state index contributed by atoms with van der Waals surface area (Å²) in [6, 6.07) is 6.49. The van der Waals surface area contributed by atoms with E-state index in [2.05, 4.69) is 24.8 Å². The molecule has 1 aromatic carbocycles. The molecule has 0 saturated carbocycles. The molecule has 18 heavy (non-hydrogen) atoms. The van der Waals surface area contributed by atoms with Crippen molar-refractivity contribution in [1.82, 2.24) is 4.90 Å². The molecule has 2 N–H and O–H groups in total. The second-order valence-corrected chi connectivity index (χ2v) is 4.54. The number of benzene rings is 1. The lowest BCUT2D eigenvalue weighted by atomic mass is 10.1. The van der Waals surface area contributed by atoms with E-state index >= 15 is 0 Å². The first-order chi connectivity index (χ1) is 8.62. The fraction of sp³-hybridized carbons (Fsp3) is 0.571. The Kier molecular flexibility index (Phi) is 5.95. The van der Waals surface area contributed by atoms with Crippen LogP contribution in [-0.2, 0) is 6.54 Å². The SMILES string of the molecule is COc1ccc(CN(CCN)C(C)C)cc1OC. The molecule has 0 radical (unpaired) electrons. The predicted octanol–water partition coefficient (Wildman–Crippen LogP) is 1.87. The normalized spacial score (nSPS) is 11.1. The smallest absolute Gasteiger partial charge is 0.161 e. The van der Waals surface area contributed by atoms with Crippen LogP contribution in [0.1, 0.15) is 19.4 Å². The van der Waals surface area contributed by atoms with E-state index in [1.165, 1.54) is 5.56 Å². The molecule has 0 fully saturated rings. The molecule has 0 spiro atoms. The summed E-state index contributed by atoms with van der Waals surface area (Å²) in [5.74, 6) is 1.53. The lowest BCUT2D eigenvalue weighted by Gasteiger charge is -2.26. The highest BCUT2D eigenvalue weighted by molar-refractivity contribution is 5.42. The predicted molar refractivity (Wildman–Crippen MR) is 74.1 cm³/mol. The zero-order valence-corrected chi connectivity index (χ0v) is 11.8. The van der Waals surface area contributed by atoms with Gasteiger partial charge >= 0.3 is 0 Å². The molecular formula is C14H24N2O2. The largest absolute Gasteiger partial charge is 0.493 e. The van der Waals surface area contributed by atoms with Crippen LogP contribution in [0.4, 0.5) is 0 Å². The van der Waals surface area contributed by atoms with Crippen molar-refractivity contribution in [3.05, 3.63) is 23.8 Å². The van der Waals surface area contributed by atoms with Crippen LogP contribution in [0.25, 0.3) is 0 Å². The molecule has 1 rings (SSSR count). The van der Waals surface area contributed by atoms with Gasteiger partial charge in [-0.15, -0.1) is 0 Å². The highest BCUT2D eigenvalue weighted by Gasteiger charge is 2.11. The number of nitrogens with two attached hydrogens (primary N) is 1. The van der Waals surface area contributed by atoms with Gasteiger partial charge < -0.3 is 15.2 Å². The number of ether oxygens (including phenoxy) is 2. The molecule has 1 aromatic rings. The van der Waals surface area contributed by atoms with Crippen LogP contribution in [0.2, 0.25) is 0 Å². The highest BCUT2D eigenvalue weighted by Crippen LogP contribution is 2.28. The minimum atomic E-state index is 0.474. The van der Waals surface area contributed by atoms with Gasteiger partial charge in [-0.25, -0.2) is 0 Å². The molecule has 102 valence electrons. The molecule has 0 bridgehead atoms. The van der Waals surface area contributed by atoms with Crippen molar-refractivity contribution < 1.29 is 9.47 Å². The van der Waals surface area contributed by atoms with Crippen LogP contribution in [0, 0.1) is 0 Å². The van der Waals surface area contributed by atoms with Gasteiger partial charge in [0.25, 0.3) is 0 Å². The Morgan fingerprint density at radius 3 is 2.33 bits per heavy atom. The van der Waals surface area contributed by atoms with Gasteiger partial charge in [0.1, 0.15) is 0 Å². The number of hydrogen-bond donors (Lipinski definition) is 1. The fourth-order valence-corrected chi connectivity index (χ4v) is 1.90. The maximum absolute atomic E-state index is 5.64. The Labute approximate surface area is 110 Å². The van der Waals surface area contributed by atoms with Crippen LogP contribution in [-0.4, -0.2) is 38.3 Å². The van der Waals surface area contributed by atoms with Gasteiger partial charge in [0.05, 0.1) is 14.2 Å². The van der Waals surface area contributed by atoms with E-state index in [-0.39, 0.29) is 0 Å². The van der Waals surface area contributed by atoms with E-state index in [9.17, 15) is 0 Å². The number of methoxy groups -OCH3 is 2. The number of nitrogens with zero attached hydrogens (tertiary/aromatic N) is 1. The molecular weight excluding hydrogens is 228 g/mol. The molecule has 0 heterocycles. The summed E-state index contributed by atoms with van der Waals surface area (Å²) in [4.78, 5) is 2.33. The quantitative estimate of drug-likeness (QED) is 0.805. The number of hydrogen-bond acceptors (Lipinski definition) is 4. The summed E-state index contributed by atoms with van der Waals surface area (Å²) in [5, 5.41) is 0. The fourth-order valence-electron chi connectivity index (χ4n) is 1.90. The molecule has 4 nitrogen and oxygen atoms in total. The number of rotatable bonds is 7. The van der Waals surface area contributed by atoms with Crippen molar-refractivity contribution >= 4 is 0 Å². The summed E-state index contributed by atoms with van der Waals surface area (Å²) in [7, 11) is 3.30. The van der Waals surface area contributed by atoms with E-state index < -0.39 is 0 Å². The van der Waals surface area contributed by atoms with Gasteiger partial charge in [-0.3, -0.25) is 4.90 Å². The molecule has 0 aromatic heterocycles. The molecule has 0 saturated heterocycles. The monoisotopic (exact) mass is 252 g/mol. The topological polar surface area (TPSA) is 47.7 Å². The molecule has 0 aliphatic heterocycles. The zero-order valence-electron chi connectivity index (χ0n) is 11.8. The highest BCUT2D eigenvalue weighted by atomic mass is 16.5. The maximum atomic E-state index is 5.64. The summed E-state index contributed by atoms with van der Waals surface area (Å²) in [6.07, 6.45) is 0. The molecule has 0 aliphatic rings. The van der Waals surface area contributed by atoms with Crippen LogP contribution < -0.4 is 15.2 Å². The minimum absolute atomic E-state index is 0.474. The van der Waals surface area contributed by atoms with Crippen LogP contribution in [0.5, 0.6) is 11.5 Å². The minimum Gasteiger partial charge on any atom is -0.493 e. The standard InChI is InChI=1S/C14H24N2O2/c1-11(2)16(8-7-15)10-12-5-6-13(17-3)14(9-12)18-4/h5-6,9,11H,7-8,10,15H2,1-4H3. The van der Waals surface area contributed by atoms with Gasteiger partial charge in [-0.2, -0.15) is 0 Å². The Morgan fingerprint density at radius 2 is 1.83 bits per heavy atom. The van der Waals surface area contributed by atoms with Crippen LogP contribution in [0.15, 0.2) is 18.2 Å². The van der Waals surface area contributed by atoms with Crippen molar-refractivity contribution in [2.45, 2.75) is 26.4 Å². The Balaban J connectivity index is 2.83.